The van der Waals surface area contributed by atoms with Gasteiger partial charge in [-0.15, -0.1) is 5.10 Å². The van der Waals surface area contributed by atoms with Crippen LogP contribution in [0.2, 0.25) is 0 Å². The molecule has 7 heteroatoms. The maximum absolute atomic E-state index is 10.6. The molecule has 0 saturated heterocycles. The molecule has 1 aromatic rings. The Morgan fingerprint density at radius 2 is 2.57 bits per heavy atom. The maximum Gasteiger partial charge on any atom is 0.239 e. The highest BCUT2D eigenvalue weighted by molar-refractivity contribution is 5.73. The minimum atomic E-state index is -0.852. The third-order valence-electron chi connectivity index (χ3n) is 1.62. The Morgan fingerprint density at radius 1 is 1.86 bits per heavy atom. The van der Waals surface area contributed by atoms with Gasteiger partial charge in [0.25, 0.3) is 0 Å². The van der Waals surface area contributed by atoms with E-state index >= 15 is 0 Å². The minimum Gasteiger partial charge on any atom is -0.384 e. The number of methoxy groups -OCH3 is 1. The third-order valence-corrected chi connectivity index (χ3v) is 1.62. The maximum atomic E-state index is 10.6. The lowest BCUT2D eigenvalue weighted by Gasteiger charge is -2.09. The molecule has 1 aromatic heterocycles. The Balaban J connectivity index is 2.75. The van der Waals surface area contributed by atoms with Crippen molar-refractivity contribution in [1.29, 1.82) is 0 Å². The second-order valence-electron chi connectivity index (χ2n) is 2.75. The number of nitrogens with zero attached hydrogens (tertiary/aromatic N) is 3. The summed E-state index contributed by atoms with van der Waals surface area (Å²) < 4.78 is 5.99. The van der Waals surface area contributed by atoms with E-state index < -0.39 is 12.0 Å². The molecule has 1 rings (SSSR count). The van der Waals surface area contributed by atoms with Crippen molar-refractivity contribution in [2.45, 2.75) is 12.6 Å². The molecule has 0 aromatic carbocycles. The molecule has 78 valence electrons. The van der Waals surface area contributed by atoms with Crippen molar-refractivity contribution < 1.29 is 14.6 Å². The molecule has 3 N–H and O–H groups in total. The van der Waals surface area contributed by atoms with Crippen LogP contribution in [0, 0.1) is 0 Å². The molecule has 0 radical (unpaired) electrons. The fourth-order valence-corrected chi connectivity index (χ4v) is 1.04. The molecule has 0 saturated carbocycles. The van der Waals surface area contributed by atoms with Gasteiger partial charge in [-0.2, -0.15) is 0 Å². The molecule has 0 aliphatic carbocycles. The molecule has 0 aliphatic rings. The van der Waals surface area contributed by atoms with Crippen LogP contribution in [0.5, 0.6) is 0 Å². The first-order valence-electron chi connectivity index (χ1n) is 3.99. The van der Waals surface area contributed by atoms with Gasteiger partial charge in [0, 0.05) is 7.11 Å². The van der Waals surface area contributed by atoms with Gasteiger partial charge in [-0.25, -0.2) is 4.68 Å². The number of ether oxygens (including phenoxy) is 1. The zero-order chi connectivity index (χ0) is 10.6. The lowest BCUT2D eigenvalue weighted by atomic mass is 10.3. The molecule has 0 fully saturated rings. The fourth-order valence-electron chi connectivity index (χ4n) is 1.04. The highest BCUT2D eigenvalue weighted by Crippen LogP contribution is 2.10. The number of aromatic nitrogens is 3. The Morgan fingerprint density at radius 3 is 3.14 bits per heavy atom. The number of rotatable bonds is 5. The van der Waals surface area contributed by atoms with Crippen LogP contribution in [0.3, 0.4) is 0 Å². The summed E-state index contributed by atoms with van der Waals surface area (Å²) in [7, 11) is 1.46. The number of aliphatic hydroxyl groups is 1. The standard InChI is InChI=1S/C7H12N4O3/c1-14-4-6(12)5-2-9-10-11(5)3-7(8)13/h2,6,12H,3-4H2,1H3,(H2,8,13)/t6-/m0/s1. The van der Waals surface area contributed by atoms with E-state index in [0.717, 1.165) is 0 Å². The summed E-state index contributed by atoms with van der Waals surface area (Å²) >= 11 is 0. The van der Waals surface area contributed by atoms with Crippen LogP contribution in [-0.2, 0) is 16.1 Å². The van der Waals surface area contributed by atoms with Gasteiger partial charge in [0.05, 0.1) is 18.5 Å². The molecule has 14 heavy (non-hydrogen) atoms. The zero-order valence-corrected chi connectivity index (χ0v) is 7.75. The Hall–Kier alpha value is -1.47. The van der Waals surface area contributed by atoms with E-state index in [1.54, 1.807) is 0 Å². The van der Waals surface area contributed by atoms with Gasteiger partial charge in [-0.05, 0) is 0 Å². The topological polar surface area (TPSA) is 103 Å². The molecule has 1 amide bonds. The summed E-state index contributed by atoms with van der Waals surface area (Å²) in [5, 5.41) is 16.7. The quantitative estimate of drug-likeness (QED) is 0.598. The Kier molecular flexibility index (Phi) is 3.55. The predicted octanol–water partition coefficient (Wildman–Crippen LogP) is -1.56. The van der Waals surface area contributed by atoms with Crippen LogP contribution in [0.1, 0.15) is 11.8 Å². The van der Waals surface area contributed by atoms with E-state index in [0.29, 0.717) is 5.69 Å². The minimum absolute atomic E-state index is 0.101. The van der Waals surface area contributed by atoms with E-state index in [2.05, 4.69) is 10.3 Å². The number of hydrogen-bond acceptors (Lipinski definition) is 5. The van der Waals surface area contributed by atoms with Crippen LogP contribution >= 0.6 is 0 Å². The molecule has 1 atom stereocenters. The number of amides is 1. The van der Waals surface area contributed by atoms with Crippen molar-refractivity contribution in [3.63, 3.8) is 0 Å². The molecular formula is C7H12N4O3. The van der Waals surface area contributed by atoms with Gasteiger partial charge in [-0.3, -0.25) is 4.79 Å². The van der Waals surface area contributed by atoms with Crippen LogP contribution in [0.25, 0.3) is 0 Å². The van der Waals surface area contributed by atoms with Gasteiger partial charge in [0.2, 0.25) is 5.91 Å². The average Bonchev–Trinajstić information content (AvgIpc) is 2.51. The molecule has 1 heterocycles. The lowest BCUT2D eigenvalue weighted by Crippen LogP contribution is -2.22. The van der Waals surface area contributed by atoms with E-state index in [1.807, 2.05) is 0 Å². The second-order valence-corrected chi connectivity index (χ2v) is 2.75. The molecule has 0 bridgehead atoms. The van der Waals surface area contributed by atoms with E-state index in [1.165, 1.54) is 18.0 Å². The van der Waals surface area contributed by atoms with Crippen molar-refractivity contribution in [1.82, 2.24) is 15.0 Å². The molecular weight excluding hydrogens is 188 g/mol. The summed E-state index contributed by atoms with van der Waals surface area (Å²) in [6.45, 7) is 0.0161. The summed E-state index contributed by atoms with van der Waals surface area (Å²) in [5.41, 5.74) is 5.39. The number of aliphatic hydroxyl groups excluding tert-OH is 1. The van der Waals surface area contributed by atoms with Crippen molar-refractivity contribution in [3.05, 3.63) is 11.9 Å². The van der Waals surface area contributed by atoms with Crippen LogP contribution in [0.15, 0.2) is 6.20 Å². The normalized spacial score (nSPS) is 12.7. The highest BCUT2D eigenvalue weighted by atomic mass is 16.5. The smallest absolute Gasteiger partial charge is 0.239 e. The van der Waals surface area contributed by atoms with Crippen LogP contribution < -0.4 is 5.73 Å². The fraction of sp³-hybridized carbons (Fsp3) is 0.571. The zero-order valence-electron chi connectivity index (χ0n) is 7.75. The van der Waals surface area contributed by atoms with Crippen molar-refractivity contribution in [2.24, 2.45) is 5.73 Å². The van der Waals surface area contributed by atoms with Crippen molar-refractivity contribution in [3.8, 4) is 0 Å². The molecule has 0 spiro atoms. The number of primary amides is 1. The van der Waals surface area contributed by atoms with E-state index in [-0.39, 0.29) is 13.2 Å². The summed E-state index contributed by atoms with van der Waals surface area (Å²) in [6, 6.07) is 0. The third kappa shape index (κ3) is 2.51. The second kappa shape index (κ2) is 4.68. The molecule has 0 unspecified atom stereocenters. The summed E-state index contributed by atoms with van der Waals surface area (Å²) in [6.07, 6.45) is 0.515. The summed E-state index contributed by atoms with van der Waals surface area (Å²) in [4.78, 5) is 10.6. The number of hydrogen-bond donors (Lipinski definition) is 2. The van der Waals surface area contributed by atoms with Gasteiger partial charge < -0.3 is 15.6 Å². The molecule has 7 nitrogen and oxygen atoms in total. The largest absolute Gasteiger partial charge is 0.384 e. The van der Waals surface area contributed by atoms with Crippen molar-refractivity contribution in [2.75, 3.05) is 13.7 Å². The average molecular weight is 200 g/mol. The monoisotopic (exact) mass is 200 g/mol. The van der Waals surface area contributed by atoms with Crippen LogP contribution in [-0.4, -0.2) is 39.7 Å². The Labute approximate surface area is 80.5 Å². The van der Waals surface area contributed by atoms with Gasteiger partial charge >= 0.3 is 0 Å². The first-order chi connectivity index (χ1) is 6.65. The number of carbonyl (C=O) groups excluding carboxylic acids is 1. The van der Waals surface area contributed by atoms with Gasteiger partial charge in [0.1, 0.15) is 12.6 Å². The van der Waals surface area contributed by atoms with Crippen LogP contribution in [0.4, 0.5) is 0 Å². The number of carbonyl (C=O) groups is 1. The Bertz CT molecular complexity index is 312. The first-order valence-corrected chi connectivity index (χ1v) is 3.99. The van der Waals surface area contributed by atoms with E-state index in [9.17, 15) is 9.90 Å². The van der Waals surface area contributed by atoms with E-state index in [4.69, 9.17) is 10.5 Å². The van der Waals surface area contributed by atoms with Gasteiger partial charge in [-0.1, -0.05) is 5.21 Å². The summed E-state index contributed by atoms with van der Waals surface area (Å²) in [5.74, 6) is -0.540. The number of nitrogens with two attached hydrogens (primary N) is 1. The SMILES string of the molecule is COC[C@H](O)c1cnnn1CC(N)=O. The van der Waals surface area contributed by atoms with Gasteiger partial charge in [0.15, 0.2) is 0 Å². The van der Waals surface area contributed by atoms with Crippen molar-refractivity contribution >= 4 is 5.91 Å². The first kappa shape index (κ1) is 10.6. The predicted molar refractivity (Wildman–Crippen MR) is 46.1 cm³/mol. The lowest BCUT2D eigenvalue weighted by molar-refractivity contribution is -0.118. The molecule has 0 aliphatic heterocycles. The highest BCUT2D eigenvalue weighted by Gasteiger charge is 2.14.